The first kappa shape index (κ1) is 12.2. The van der Waals surface area contributed by atoms with Crippen molar-refractivity contribution in [1.82, 2.24) is 9.97 Å². The monoisotopic (exact) mass is 273 g/mol. The maximum atomic E-state index is 5.56. The molecule has 5 heteroatoms. The fourth-order valence-electron chi connectivity index (χ4n) is 0.926. The van der Waals surface area contributed by atoms with Gasteiger partial charge in [0.05, 0.1) is 6.61 Å². The molecule has 0 bridgehead atoms. The summed E-state index contributed by atoms with van der Waals surface area (Å²) < 4.78 is 6.05. The maximum Gasteiger partial charge on any atom is 0.319 e. The van der Waals surface area contributed by atoms with Crippen LogP contribution >= 0.6 is 15.9 Å². The van der Waals surface area contributed by atoms with E-state index in [1.54, 1.807) is 6.07 Å². The van der Waals surface area contributed by atoms with E-state index in [2.05, 4.69) is 46.7 Å². The summed E-state index contributed by atoms with van der Waals surface area (Å²) in [6.45, 7) is 7.07. The summed E-state index contributed by atoms with van der Waals surface area (Å²) in [5, 5.41) is 0. The highest BCUT2D eigenvalue weighted by Gasteiger charge is 2.10. The first-order chi connectivity index (χ1) is 6.87. The number of nitrogen functional groups attached to an aromatic ring is 1. The highest BCUT2D eigenvalue weighted by molar-refractivity contribution is 9.10. The molecule has 0 saturated carbocycles. The number of hydrogen-bond donors (Lipinski definition) is 1. The van der Waals surface area contributed by atoms with Crippen LogP contribution in [0.1, 0.15) is 27.2 Å². The molecule has 0 aliphatic rings. The second-order valence-corrected chi connectivity index (χ2v) is 5.37. The Morgan fingerprint density at radius 1 is 1.40 bits per heavy atom. The van der Waals surface area contributed by atoms with Crippen molar-refractivity contribution in [2.45, 2.75) is 27.2 Å². The van der Waals surface area contributed by atoms with Crippen molar-refractivity contribution in [3.05, 3.63) is 10.7 Å². The van der Waals surface area contributed by atoms with Crippen LogP contribution in [-0.2, 0) is 0 Å². The van der Waals surface area contributed by atoms with E-state index in [1.165, 1.54) is 0 Å². The molecule has 0 radical (unpaired) electrons. The number of nitrogens with zero attached hydrogens (tertiary/aromatic N) is 2. The number of nitrogens with two attached hydrogens (primary N) is 1. The van der Waals surface area contributed by atoms with E-state index >= 15 is 0 Å². The van der Waals surface area contributed by atoms with Gasteiger partial charge in [0, 0.05) is 6.07 Å². The largest absolute Gasteiger partial charge is 0.463 e. The summed E-state index contributed by atoms with van der Waals surface area (Å²) in [4.78, 5) is 8.02. The molecule has 0 unspecified atom stereocenters. The van der Waals surface area contributed by atoms with Crippen LogP contribution in [0.3, 0.4) is 0 Å². The van der Waals surface area contributed by atoms with Crippen molar-refractivity contribution >= 4 is 21.7 Å². The Bertz CT molecular complexity index is 316. The molecule has 15 heavy (non-hydrogen) atoms. The predicted molar refractivity (Wildman–Crippen MR) is 63.7 cm³/mol. The van der Waals surface area contributed by atoms with Gasteiger partial charge in [-0.25, -0.2) is 0 Å². The first-order valence-electron chi connectivity index (χ1n) is 4.80. The topological polar surface area (TPSA) is 61.0 Å². The first-order valence-corrected chi connectivity index (χ1v) is 5.59. The fraction of sp³-hybridized carbons (Fsp3) is 0.600. The lowest BCUT2D eigenvalue weighted by Gasteiger charge is -2.17. The summed E-state index contributed by atoms with van der Waals surface area (Å²) in [7, 11) is 0. The highest BCUT2D eigenvalue weighted by atomic mass is 79.9. The molecule has 1 rings (SSSR count). The SMILES string of the molecule is CC(C)(C)CCOc1nc(N)cc(Br)n1. The number of halogens is 1. The van der Waals surface area contributed by atoms with Crippen molar-refractivity contribution in [2.75, 3.05) is 12.3 Å². The second-order valence-electron chi connectivity index (χ2n) is 4.56. The average Bonchev–Trinajstić information content (AvgIpc) is 1.99. The number of rotatable bonds is 3. The minimum Gasteiger partial charge on any atom is -0.463 e. The van der Waals surface area contributed by atoms with Gasteiger partial charge in [-0.15, -0.1) is 0 Å². The van der Waals surface area contributed by atoms with Crippen LogP contribution in [0.5, 0.6) is 6.01 Å². The van der Waals surface area contributed by atoms with Crippen molar-refractivity contribution in [1.29, 1.82) is 0 Å². The van der Waals surface area contributed by atoms with Crippen LogP contribution in [0, 0.1) is 5.41 Å². The van der Waals surface area contributed by atoms with Gasteiger partial charge in [0.25, 0.3) is 0 Å². The zero-order valence-electron chi connectivity index (χ0n) is 9.25. The third-order valence-corrected chi connectivity index (χ3v) is 2.18. The third kappa shape index (κ3) is 4.97. The van der Waals surface area contributed by atoms with Crippen LogP contribution in [0.15, 0.2) is 10.7 Å². The molecule has 0 fully saturated rings. The van der Waals surface area contributed by atoms with Crippen LogP contribution in [-0.4, -0.2) is 16.6 Å². The summed E-state index contributed by atoms with van der Waals surface area (Å²) in [5.74, 6) is 0.405. The Morgan fingerprint density at radius 2 is 2.07 bits per heavy atom. The molecule has 0 aromatic carbocycles. The Balaban J connectivity index is 2.51. The summed E-state index contributed by atoms with van der Waals surface area (Å²) >= 11 is 3.23. The molecular formula is C10H16BrN3O. The standard InChI is InChI=1S/C10H16BrN3O/c1-10(2,3)4-5-15-9-13-7(11)6-8(12)14-9/h6H,4-5H2,1-3H3,(H2,12,13,14). The van der Waals surface area contributed by atoms with Gasteiger partial charge >= 0.3 is 6.01 Å². The Morgan fingerprint density at radius 3 is 2.60 bits per heavy atom. The minimum atomic E-state index is 0.248. The summed E-state index contributed by atoms with van der Waals surface area (Å²) in [5.41, 5.74) is 5.80. The minimum absolute atomic E-state index is 0.248. The summed E-state index contributed by atoms with van der Waals surface area (Å²) in [6, 6.07) is 1.96. The zero-order valence-corrected chi connectivity index (χ0v) is 10.8. The van der Waals surface area contributed by atoms with Crippen molar-refractivity contribution in [3.63, 3.8) is 0 Å². The van der Waals surface area contributed by atoms with E-state index in [-0.39, 0.29) is 5.41 Å². The van der Waals surface area contributed by atoms with E-state index in [0.717, 1.165) is 6.42 Å². The summed E-state index contributed by atoms with van der Waals surface area (Å²) in [6.07, 6.45) is 0.947. The van der Waals surface area contributed by atoms with Crippen LogP contribution < -0.4 is 10.5 Å². The highest BCUT2D eigenvalue weighted by Crippen LogP contribution is 2.19. The Hall–Kier alpha value is -0.840. The van der Waals surface area contributed by atoms with Gasteiger partial charge in [0.15, 0.2) is 0 Å². The molecule has 0 saturated heterocycles. The van der Waals surface area contributed by atoms with Gasteiger partial charge in [-0.1, -0.05) is 20.8 Å². The maximum absolute atomic E-state index is 5.56. The molecular weight excluding hydrogens is 258 g/mol. The normalized spacial score (nSPS) is 11.5. The Labute approximate surface area is 98.4 Å². The fourth-order valence-corrected chi connectivity index (χ4v) is 1.31. The van der Waals surface area contributed by atoms with Crippen molar-refractivity contribution in [3.8, 4) is 6.01 Å². The van der Waals surface area contributed by atoms with Crippen LogP contribution in [0.25, 0.3) is 0 Å². The average molecular weight is 274 g/mol. The van der Waals surface area contributed by atoms with Crippen LogP contribution in [0.4, 0.5) is 5.82 Å². The van der Waals surface area contributed by atoms with E-state index in [0.29, 0.717) is 23.0 Å². The predicted octanol–water partition coefficient (Wildman–Crippen LogP) is 2.64. The lowest BCUT2D eigenvalue weighted by Crippen LogP contribution is -2.12. The van der Waals surface area contributed by atoms with Gasteiger partial charge < -0.3 is 10.5 Å². The smallest absolute Gasteiger partial charge is 0.319 e. The molecule has 0 atom stereocenters. The zero-order chi connectivity index (χ0) is 11.5. The van der Waals surface area contributed by atoms with Gasteiger partial charge in [-0.05, 0) is 27.8 Å². The van der Waals surface area contributed by atoms with Crippen LogP contribution in [0.2, 0.25) is 0 Å². The Kier molecular flexibility index (Phi) is 3.90. The van der Waals surface area contributed by atoms with Gasteiger partial charge in [0.2, 0.25) is 0 Å². The molecule has 0 amide bonds. The van der Waals surface area contributed by atoms with Gasteiger partial charge in [0.1, 0.15) is 10.4 Å². The molecule has 0 aliphatic carbocycles. The van der Waals surface area contributed by atoms with E-state index < -0.39 is 0 Å². The lowest BCUT2D eigenvalue weighted by molar-refractivity contribution is 0.229. The number of ether oxygens (including phenoxy) is 1. The van der Waals surface area contributed by atoms with Gasteiger partial charge in [-0.2, -0.15) is 9.97 Å². The van der Waals surface area contributed by atoms with E-state index in [9.17, 15) is 0 Å². The molecule has 2 N–H and O–H groups in total. The molecule has 0 spiro atoms. The molecule has 1 aromatic heterocycles. The molecule has 1 aromatic rings. The third-order valence-electron chi connectivity index (χ3n) is 1.78. The number of aromatic nitrogens is 2. The lowest BCUT2D eigenvalue weighted by atomic mass is 9.93. The molecule has 0 aliphatic heterocycles. The quantitative estimate of drug-likeness (QED) is 0.861. The molecule has 84 valence electrons. The van der Waals surface area contributed by atoms with Gasteiger partial charge in [-0.3, -0.25) is 0 Å². The second kappa shape index (κ2) is 4.79. The van der Waals surface area contributed by atoms with E-state index in [1.807, 2.05) is 0 Å². The number of anilines is 1. The number of hydrogen-bond acceptors (Lipinski definition) is 4. The van der Waals surface area contributed by atoms with Crippen molar-refractivity contribution in [2.24, 2.45) is 5.41 Å². The van der Waals surface area contributed by atoms with Crippen molar-refractivity contribution < 1.29 is 4.74 Å². The molecule has 1 heterocycles. The molecule has 4 nitrogen and oxygen atoms in total. The van der Waals surface area contributed by atoms with E-state index in [4.69, 9.17) is 10.5 Å².